The number of carbonyl (C=O) groups excluding carboxylic acids is 1. The molecule has 0 unspecified atom stereocenters. The highest BCUT2D eigenvalue weighted by Gasteiger charge is 2.57. The second kappa shape index (κ2) is 6.02. The van der Waals surface area contributed by atoms with Gasteiger partial charge in [0.05, 0.1) is 12.5 Å². The zero-order chi connectivity index (χ0) is 14.8. The van der Waals surface area contributed by atoms with E-state index in [1.165, 1.54) is 11.1 Å². The van der Waals surface area contributed by atoms with Crippen molar-refractivity contribution >= 4 is 21.9 Å². The Balaban J connectivity index is 1.94. The fourth-order valence-corrected chi connectivity index (χ4v) is 3.61. The summed E-state index contributed by atoms with van der Waals surface area (Å²) >= 11 is 3.60. The molecule has 2 nitrogen and oxygen atoms in total. The number of esters is 1. The quantitative estimate of drug-likeness (QED) is 0.762. The number of hydrogen-bond donors (Lipinski definition) is 0. The number of halogens is 1. The van der Waals surface area contributed by atoms with Gasteiger partial charge in [-0.3, -0.25) is 4.79 Å². The minimum absolute atomic E-state index is 0.0777. The Labute approximate surface area is 133 Å². The summed E-state index contributed by atoms with van der Waals surface area (Å²) in [5.74, 6) is 0.240. The predicted octanol–water partition coefficient (Wildman–Crippen LogP) is 4.51. The first kappa shape index (κ1) is 14.3. The summed E-state index contributed by atoms with van der Waals surface area (Å²) in [4.78, 5) is 12.2. The maximum atomic E-state index is 12.2. The molecule has 0 saturated heterocycles. The number of carbonyl (C=O) groups is 1. The maximum Gasteiger partial charge on any atom is 0.310 e. The summed E-state index contributed by atoms with van der Waals surface area (Å²) in [6.45, 7) is 2.28. The van der Waals surface area contributed by atoms with Crippen LogP contribution in [0.4, 0.5) is 0 Å². The first-order valence-electron chi connectivity index (χ1n) is 7.20. The molecule has 0 aromatic heterocycles. The van der Waals surface area contributed by atoms with Crippen LogP contribution < -0.4 is 0 Å². The van der Waals surface area contributed by atoms with Gasteiger partial charge in [0, 0.05) is 16.3 Å². The van der Waals surface area contributed by atoms with Crippen molar-refractivity contribution in [2.24, 2.45) is 5.92 Å². The van der Waals surface area contributed by atoms with Crippen LogP contribution in [0.1, 0.15) is 29.9 Å². The Bertz CT molecular complexity index is 639. The SMILES string of the molecule is CCOC(=O)[C@@H]1[C@H](c2ccccc2)[C@H]1c1ccccc1Br. The summed E-state index contributed by atoms with van der Waals surface area (Å²) in [5, 5.41) is 0. The van der Waals surface area contributed by atoms with Crippen molar-refractivity contribution in [3.63, 3.8) is 0 Å². The minimum atomic E-state index is -0.0906. The highest BCUT2D eigenvalue weighted by Crippen LogP contribution is 2.61. The van der Waals surface area contributed by atoms with Crippen molar-refractivity contribution in [1.29, 1.82) is 0 Å². The lowest BCUT2D eigenvalue weighted by Gasteiger charge is -2.03. The van der Waals surface area contributed by atoms with Crippen LogP contribution in [0.25, 0.3) is 0 Å². The Morgan fingerprint density at radius 1 is 1.05 bits per heavy atom. The van der Waals surface area contributed by atoms with Gasteiger partial charge in [0.2, 0.25) is 0 Å². The zero-order valence-electron chi connectivity index (χ0n) is 11.8. The van der Waals surface area contributed by atoms with Crippen LogP contribution in [-0.2, 0) is 9.53 Å². The molecule has 0 aliphatic heterocycles. The lowest BCUT2D eigenvalue weighted by Crippen LogP contribution is -2.08. The average molecular weight is 345 g/mol. The van der Waals surface area contributed by atoms with Crippen LogP contribution in [-0.4, -0.2) is 12.6 Å². The summed E-state index contributed by atoms with van der Waals surface area (Å²) in [5.41, 5.74) is 2.39. The molecule has 0 radical (unpaired) electrons. The first-order valence-corrected chi connectivity index (χ1v) is 7.99. The molecule has 0 bridgehead atoms. The van der Waals surface area contributed by atoms with E-state index in [0.29, 0.717) is 6.61 Å². The Kier molecular flexibility index (Phi) is 4.11. The normalized spacial score (nSPS) is 23.6. The van der Waals surface area contributed by atoms with Crippen molar-refractivity contribution in [1.82, 2.24) is 0 Å². The number of rotatable bonds is 4. The molecule has 1 aliphatic carbocycles. The molecule has 0 amide bonds. The van der Waals surface area contributed by atoms with Crippen molar-refractivity contribution < 1.29 is 9.53 Å². The van der Waals surface area contributed by atoms with E-state index in [9.17, 15) is 4.79 Å². The van der Waals surface area contributed by atoms with E-state index in [2.05, 4.69) is 34.1 Å². The van der Waals surface area contributed by atoms with Crippen LogP contribution in [0, 0.1) is 5.92 Å². The standard InChI is InChI=1S/C18H17BrO2/c1-2-21-18(20)17-15(12-8-4-3-5-9-12)16(17)13-10-6-7-11-14(13)19/h3-11,15-17H,2H2,1H3/t15-,16-,17-/m1/s1. The van der Waals surface area contributed by atoms with E-state index in [1.807, 2.05) is 43.3 Å². The summed E-state index contributed by atoms with van der Waals surface area (Å²) < 4.78 is 6.31. The first-order chi connectivity index (χ1) is 10.2. The van der Waals surface area contributed by atoms with Gasteiger partial charge in [0.25, 0.3) is 0 Å². The van der Waals surface area contributed by atoms with Crippen molar-refractivity contribution in [2.45, 2.75) is 18.8 Å². The lowest BCUT2D eigenvalue weighted by molar-refractivity contribution is -0.144. The molecule has 0 spiro atoms. The van der Waals surface area contributed by atoms with Crippen LogP contribution in [0.3, 0.4) is 0 Å². The highest BCUT2D eigenvalue weighted by molar-refractivity contribution is 9.10. The summed E-state index contributed by atoms with van der Waals surface area (Å²) in [6, 6.07) is 18.3. The van der Waals surface area contributed by atoms with Crippen molar-refractivity contribution in [3.05, 3.63) is 70.2 Å². The van der Waals surface area contributed by atoms with E-state index in [1.54, 1.807) is 0 Å². The Morgan fingerprint density at radius 2 is 1.71 bits per heavy atom. The highest BCUT2D eigenvalue weighted by atomic mass is 79.9. The third-order valence-corrected chi connectivity index (χ3v) is 4.75. The number of ether oxygens (including phenoxy) is 1. The van der Waals surface area contributed by atoms with Gasteiger partial charge in [-0.15, -0.1) is 0 Å². The number of hydrogen-bond acceptors (Lipinski definition) is 2. The largest absolute Gasteiger partial charge is 0.466 e. The van der Waals surface area contributed by atoms with Gasteiger partial charge >= 0.3 is 5.97 Å². The maximum absolute atomic E-state index is 12.2. The molecule has 1 aliphatic rings. The smallest absolute Gasteiger partial charge is 0.310 e. The van der Waals surface area contributed by atoms with Gasteiger partial charge in [-0.05, 0) is 24.1 Å². The monoisotopic (exact) mass is 344 g/mol. The van der Waals surface area contributed by atoms with Crippen LogP contribution in [0.5, 0.6) is 0 Å². The van der Waals surface area contributed by atoms with Crippen molar-refractivity contribution in [3.8, 4) is 0 Å². The second-order valence-electron chi connectivity index (χ2n) is 5.26. The molecule has 0 N–H and O–H groups in total. The third-order valence-electron chi connectivity index (χ3n) is 4.03. The van der Waals surface area contributed by atoms with Gasteiger partial charge in [-0.25, -0.2) is 0 Å². The van der Waals surface area contributed by atoms with E-state index < -0.39 is 0 Å². The van der Waals surface area contributed by atoms with E-state index in [0.717, 1.165) is 4.47 Å². The zero-order valence-corrected chi connectivity index (χ0v) is 13.4. The topological polar surface area (TPSA) is 26.3 Å². The molecule has 3 rings (SSSR count). The minimum Gasteiger partial charge on any atom is -0.466 e. The van der Waals surface area contributed by atoms with Crippen molar-refractivity contribution in [2.75, 3.05) is 6.61 Å². The van der Waals surface area contributed by atoms with Gasteiger partial charge in [0.1, 0.15) is 0 Å². The second-order valence-corrected chi connectivity index (χ2v) is 6.12. The molecule has 3 heteroatoms. The third kappa shape index (κ3) is 2.75. The summed E-state index contributed by atoms with van der Waals surface area (Å²) in [7, 11) is 0. The predicted molar refractivity (Wildman–Crippen MR) is 86.2 cm³/mol. The molecule has 108 valence electrons. The van der Waals surface area contributed by atoms with Gasteiger partial charge < -0.3 is 4.74 Å². The molecule has 1 saturated carbocycles. The van der Waals surface area contributed by atoms with Crippen LogP contribution in [0.2, 0.25) is 0 Å². The van der Waals surface area contributed by atoms with Crippen LogP contribution in [0.15, 0.2) is 59.1 Å². The van der Waals surface area contributed by atoms with E-state index in [4.69, 9.17) is 4.74 Å². The fraction of sp³-hybridized carbons (Fsp3) is 0.278. The molecule has 1 fully saturated rings. The Morgan fingerprint density at radius 3 is 2.38 bits per heavy atom. The lowest BCUT2D eigenvalue weighted by atomic mass is 10.0. The molecule has 0 heterocycles. The molecule has 2 aromatic carbocycles. The average Bonchev–Trinajstić information content (AvgIpc) is 3.24. The van der Waals surface area contributed by atoms with Crippen LogP contribution >= 0.6 is 15.9 Å². The molecular weight excluding hydrogens is 328 g/mol. The van der Waals surface area contributed by atoms with Gasteiger partial charge in [-0.1, -0.05) is 64.5 Å². The van der Waals surface area contributed by atoms with Gasteiger partial charge in [-0.2, -0.15) is 0 Å². The summed E-state index contributed by atoms with van der Waals surface area (Å²) in [6.07, 6.45) is 0. The number of benzene rings is 2. The van der Waals surface area contributed by atoms with E-state index in [-0.39, 0.29) is 23.7 Å². The van der Waals surface area contributed by atoms with Gasteiger partial charge in [0.15, 0.2) is 0 Å². The molecule has 21 heavy (non-hydrogen) atoms. The Hall–Kier alpha value is -1.61. The van der Waals surface area contributed by atoms with E-state index >= 15 is 0 Å². The fourth-order valence-electron chi connectivity index (χ4n) is 3.06. The molecular formula is C18H17BrO2. The molecule has 3 atom stereocenters. The molecule has 2 aromatic rings.